The van der Waals surface area contributed by atoms with Crippen LogP contribution in [0.2, 0.25) is 5.02 Å². The lowest BCUT2D eigenvalue weighted by molar-refractivity contribution is -0.143. The molecule has 0 saturated carbocycles. The first kappa shape index (κ1) is 21.3. The van der Waals surface area contributed by atoms with Gasteiger partial charge in [0, 0.05) is 17.9 Å². The summed E-state index contributed by atoms with van der Waals surface area (Å²) in [5, 5.41) is 3.26. The molecule has 0 aliphatic rings. The number of carbonyl (C=O) groups excluding carboxylic acids is 2. The number of hydrogen-bond acceptors (Lipinski definition) is 4. The Morgan fingerprint density at radius 2 is 1.84 bits per heavy atom. The fourth-order valence-electron chi connectivity index (χ4n) is 2.35. The third-order valence-corrected chi connectivity index (χ3v) is 3.97. The Balaban J connectivity index is 2.20. The summed E-state index contributed by atoms with van der Waals surface area (Å²) < 4.78 is 10.3. The summed E-state index contributed by atoms with van der Waals surface area (Å²) in [4.78, 5) is 23.6. The lowest BCUT2D eigenvalue weighted by Gasteiger charge is -2.10. The monoisotopic (exact) mass is 369 g/mol. The van der Waals surface area contributed by atoms with Crippen LogP contribution in [-0.2, 0) is 14.3 Å². The average Bonchev–Trinajstić information content (AvgIpc) is 2.58. The van der Waals surface area contributed by atoms with Crippen molar-refractivity contribution in [3.05, 3.63) is 23.2 Å². The van der Waals surface area contributed by atoms with E-state index in [1.807, 2.05) is 0 Å². The normalized spacial score (nSPS) is 10.4. The highest BCUT2D eigenvalue weighted by atomic mass is 35.5. The number of benzene rings is 1. The molecule has 0 unspecified atom stereocenters. The first-order valence-electron chi connectivity index (χ1n) is 8.85. The Bertz CT molecular complexity index is 548. The van der Waals surface area contributed by atoms with Crippen LogP contribution in [0.15, 0.2) is 18.2 Å². The van der Waals surface area contributed by atoms with Gasteiger partial charge in [-0.15, -0.1) is 0 Å². The maximum atomic E-state index is 12.0. The van der Waals surface area contributed by atoms with E-state index in [-0.39, 0.29) is 24.7 Å². The molecule has 0 bridgehead atoms. The maximum Gasteiger partial charge on any atom is 0.305 e. The summed E-state index contributed by atoms with van der Waals surface area (Å²) in [6.07, 6.45) is 6.52. The second-order valence-electron chi connectivity index (χ2n) is 5.88. The quantitative estimate of drug-likeness (QED) is 0.417. The summed E-state index contributed by atoms with van der Waals surface area (Å²) in [5.41, 5.74) is 0.523. The van der Waals surface area contributed by atoms with Crippen molar-refractivity contribution in [2.24, 2.45) is 0 Å². The van der Waals surface area contributed by atoms with Gasteiger partial charge in [-0.25, -0.2) is 0 Å². The van der Waals surface area contributed by atoms with Gasteiger partial charge in [0.15, 0.2) is 0 Å². The molecule has 0 aliphatic carbocycles. The molecule has 1 rings (SSSR count). The molecule has 0 heterocycles. The van der Waals surface area contributed by atoms with Crippen LogP contribution >= 0.6 is 11.6 Å². The predicted molar refractivity (Wildman–Crippen MR) is 100 cm³/mol. The van der Waals surface area contributed by atoms with Crippen molar-refractivity contribution in [2.75, 3.05) is 19.0 Å². The summed E-state index contributed by atoms with van der Waals surface area (Å²) in [6.45, 7) is 2.63. The van der Waals surface area contributed by atoms with Gasteiger partial charge >= 0.3 is 5.97 Å². The Labute approximate surface area is 155 Å². The molecule has 140 valence electrons. The highest BCUT2D eigenvalue weighted by molar-refractivity contribution is 6.31. The smallest absolute Gasteiger partial charge is 0.305 e. The van der Waals surface area contributed by atoms with Crippen LogP contribution in [0.25, 0.3) is 0 Å². The molecule has 0 radical (unpaired) electrons. The minimum Gasteiger partial charge on any atom is -0.495 e. The molecule has 0 aromatic heterocycles. The topological polar surface area (TPSA) is 64.6 Å². The van der Waals surface area contributed by atoms with Crippen LogP contribution in [0.3, 0.4) is 0 Å². The van der Waals surface area contributed by atoms with Gasteiger partial charge in [-0.2, -0.15) is 0 Å². The summed E-state index contributed by atoms with van der Waals surface area (Å²) in [5.74, 6) is 0.108. The lowest BCUT2D eigenvalue weighted by atomic mass is 10.2. The first-order chi connectivity index (χ1) is 12.1. The molecule has 0 saturated heterocycles. The number of amides is 1. The zero-order valence-electron chi connectivity index (χ0n) is 15.1. The van der Waals surface area contributed by atoms with Crippen LogP contribution in [0.4, 0.5) is 5.69 Å². The third kappa shape index (κ3) is 9.34. The molecule has 1 N–H and O–H groups in total. The lowest BCUT2D eigenvalue weighted by Crippen LogP contribution is -2.13. The number of hydrogen-bond donors (Lipinski definition) is 1. The van der Waals surface area contributed by atoms with Crippen molar-refractivity contribution >= 4 is 29.2 Å². The fourth-order valence-corrected chi connectivity index (χ4v) is 2.52. The summed E-state index contributed by atoms with van der Waals surface area (Å²) >= 11 is 5.92. The van der Waals surface area contributed by atoms with Crippen molar-refractivity contribution in [2.45, 2.75) is 58.3 Å². The van der Waals surface area contributed by atoms with E-state index in [4.69, 9.17) is 21.1 Å². The van der Waals surface area contributed by atoms with Gasteiger partial charge in [0.2, 0.25) is 5.91 Å². The third-order valence-electron chi connectivity index (χ3n) is 3.73. The van der Waals surface area contributed by atoms with Gasteiger partial charge in [-0.1, -0.05) is 44.2 Å². The Morgan fingerprint density at radius 3 is 2.56 bits per heavy atom. The molecular formula is C19H28ClNO4. The maximum absolute atomic E-state index is 12.0. The highest BCUT2D eigenvalue weighted by Crippen LogP contribution is 2.27. The van der Waals surface area contributed by atoms with E-state index in [9.17, 15) is 9.59 Å². The van der Waals surface area contributed by atoms with Crippen LogP contribution in [0.5, 0.6) is 5.75 Å². The first-order valence-corrected chi connectivity index (χ1v) is 9.23. The van der Waals surface area contributed by atoms with Gasteiger partial charge in [0.05, 0.1) is 19.4 Å². The van der Waals surface area contributed by atoms with E-state index in [0.717, 1.165) is 12.8 Å². The fraction of sp³-hybridized carbons (Fsp3) is 0.579. The minimum atomic E-state index is -0.247. The highest BCUT2D eigenvalue weighted by Gasteiger charge is 2.10. The van der Waals surface area contributed by atoms with Crippen LogP contribution < -0.4 is 10.1 Å². The summed E-state index contributed by atoms with van der Waals surface area (Å²) in [7, 11) is 1.52. The zero-order valence-corrected chi connectivity index (χ0v) is 15.9. The molecule has 25 heavy (non-hydrogen) atoms. The number of anilines is 1. The van der Waals surface area contributed by atoms with Gasteiger partial charge in [0.25, 0.3) is 0 Å². The standard InChI is InChI=1S/C19H28ClNO4/c1-3-4-5-6-7-13-25-19(23)10-8-9-18(22)21-16-14-15(20)11-12-17(16)24-2/h11-12,14H,3-10,13H2,1-2H3,(H,21,22). The van der Waals surface area contributed by atoms with Crippen LogP contribution in [-0.4, -0.2) is 25.6 Å². The average molecular weight is 370 g/mol. The van der Waals surface area contributed by atoms with Crippen molar-refractivity contribution in [3.8, 4) is 5.75 Å². The van der Waals surface area contributed by atoms with E-state index >= 15 is 0 Å². The van der Waals surface area contributed by atoms with E-state index in [1.54, 1.807) is 18.2 Å². The molecular weight excluding hydrogens is 342 g/mol. The van der Waals surface area contributed by atoms with E-state index in [0.29, 0.717) is 29.5 Å². The molecule has 0 aliphatic heterocycles. The Morgan fingerprint density at radius 1 is 1.08 bits per heavy atom. The number of unbranched alkanes of at least 4 members (excludes halogenated alkanes) is 4. The number of methoxy groups -OCH3 is 1. The predicted octanol–water partition coefficient (Wildman–Crippen LogP) is 4.97. The largest absolute Gasteiger partial charge is 0.495 e. The van der Waals surface area contributed by atoms with Gasteiger partial charge in [0.1, 0.15) is 5.75 Å². The molecule has 0 spiro atoms. The molecule has 0 fully saturated rings. The molecule has 1 aromatic carbocycles. The number of esters is 1. The molecule has 0 atom stereocenters. The molecule has 5 nitrogen and oxygen atoms in total. The SMILES string of the molecule is CCCCCCCOC(=O)CCCC(=O)Nc1cc(Cl)ccc1OC. The molecule has 6 heteroatoms. The molecule has 1 amide bonds. The van der Waals surface area contributed by atoms with E-state index in [2.05, 4.69) is 12.2 Å². The van der Waals surface area contributed by atoms with Crippen molar-refractivity contribution in [1.82, 2.24) is 0 Å². The number of ether oxygens (including phenoxy) is 2. The second-order valence-corrected chi connectivity index (χ2v) is 6.32. The van der Waals surface area contributed by atoms with Crippen LogP contribution in [0, 0.1) is 0 Å². The van der Waals surface area contributed by atoms with E-state index < -0.39 is 0 Å². The van der Waals surface area contributed by atoms with Crippen molar-refractivity contribution < 1.29 is 19.1 Å². The molecule has 1 aromatic rings. The Hall–Kier alpha value is -1.75. The number of carbonyl (C=O) groups is 2. The van der Waals surface area contributed by atoms with Gasteiger partial charge in [-0.05, 0) is 31.0 Å². The second kappa shape index (κ2) is 12.6. The number of nitrogens with one attached hydrogen (secondary N) is 1. The van der Waals surface area contributed by atoms with Crippen molar-refractivity contribution in [3.63, 3.8) is 0 Å². The van der Waals surface area contributed by atoms with Crippen molar-refractivity contribution in [1.29, 1.82) is 0 Å². The zero-order chi connectivity index (χ0) is 18.5. The Kier molecular flexibility index (Phi) is 10.7. The van der Waals surface area contributed by atoms with E-state index in [1.165, 1.54) is 26.4 Å². The summed E-state index contributed by atoms with van der Waals surface area (Å²) in [6, 6.07) is 5.01. The number of rotatable bonds is 12. The van der Waals surface area contributed by atoms with Crippen LogP contribution in [0.1, 0.15) is 58.3 Å². The van der Waals surface area contributed by atoms with Gasteiger partial charge in [-0.3, -0.25) is 9.59 Å². The van der Waals surface area contributed by atoms with Gasteiger partial charge < -0.3 is 14.8 Å². The number of halogens is 1. The minimum absolute atomic E-state index is 0.187.